The van der Waals surface area contributed by atoms with E-state index in [9.17, 15) is 14.9 Å². The monoisotopic (exact) mass is 379 g/mol. The second kappa shape index (κ2) is 8.26. The minimum absolute atomic E-state index is 0.0262. The second-order valence-electron chi connectivity index (χ2n) is 5.75. The quantitative estimate of drug-likeness (QED) is 0.356. The van der Waals surface area contributed by atoms with Crippen LogP contribution < -0.4 is 4.74 Å². The third-order valence-electron chi connectivity index (χ3n) is 3.85. The van der Waals surface area contributed by atoms with E-state index in [-0.39, 0.29) is 23.9 Å². The summed E-state index contributed by atoms with van der Waals surface area (Å²) in [7, 11) is 0. The number of carbonyl (C=O) groups is 1. The van der Waals surface area contributed by atoms with Crippen molar-refractivity contribution in [3.8, 4) is 23.0 Å². The topological polar surface area (TPSA) is 104 Å². The summed E-state index contributed by atoms with van der Waals surface area (Å²) in [6.45, 7) is 3.62. The first-order valence-corrected chi connectivity index (χ1v) is 8.53. The van der Waals surface area contributed by atoms with Gasteiger partial charge in [-0.15, -0.1) is 0 Å². The van der Waals surface area contributed by atoms with E-state index < -0.39 is 10.9 Å². The first-order chi connectivity index (χ1) is 13.5. The molecule has 0 amide bonds. The second-order valence-corrected chi connectivity index (χ2v) is 5.75. The predicted octanol–water partition coefficient (Wildman–Crippen LogP) is 4.33. The molecule has 0 unspecified atom stereocenters. The lowest BCUT2D eigenvalue weighted by atomic mass is 10.0. The van der Waals surface area contributed by atoms with Crippen LogP contribution in [-0.2, 0) is 4.74 Å². The molecule has 0 atom stereocenters. The Morgan fingerprint density at radius 3 is 2.36 bits per heavy atom. The Balaban J connectivity index is 2.02. The summed E-state index contributed by atoms with van der Waals surface area (Å²) in [6, 6.07) is 14.8. The summed E-state index contributed by atoms with van der Waals surface area (Å²) >= 11 is 0. The molecule has 0 aliphatic rings. The average Bonchev–Trinajstić information content (AvgIpc) is 2.68. The van der Waals surface area contributed by atoms with Gasteiger partial charge in [-0.2, -0.15) is 9.97 Å². The van der Waals surface area contributed by atoms with Crippen molar-refractivity contribution in [1.82, 2.24) is 9.97 Å². The number of non-ortho nitro benzene ring substituents is 1. The molecule has 28 heavy (non-hydrogen) atoms. The van der Waals surface area contributed by atoms with Gasteiger partial charge in [0.2, 0.25) is 0 Å². The van der Waals surface area contributed by atoms with Crippen molar-refractivity contribution in [2.24, 2.45) is 0 Å². The molecule has 1 heterocycles. The molecule has 0 bridgehead atoms. The lowest BCUT2D eigenvalue weighted by Gasteiger charge is -2.13. The Morgan fingerprint density at radius 1 is 1.07 bits per heavy atom. The number of aryl methyl sites for hydroxylation is 1. The van der Waals surface area contributed by atoms with Crippen LogP contribution in [0.25, 0.3) is 11.3 Å². The minimum atomic E-state index is -0.513. The van der Waals surface area contributed by atoms with Crippen LogP contribution in [-0.4, -0.2) is 27.5 Å². The van der Waals surface area contributed by atoms with Crippen LogP contribution in [0.3, 0.4) is 0 Å². The van der Waals surface area contributed by atoms with Gasteiger partial charge in [0, 0.05) is 17.7 Å². The molecule has 1 aromatic heterocycles. The molecule has 0 radical (unpaired) electrons. The number of hydrogen-bond donors (Lipinski definition) is 0. The first-order valence-electron chi connectivity index (χ1n) is 8.53. The van der Waals surface area contributed by atoms with Gasteiger partial charge in [-0.25, -0.2) is 4.79 Å². The van der Waals surface area contributed by atoms with Crippen molar-refractivity contribution in [2.45, 2.75) is 13.8 Å². The molecule has 2 aromatic carbocycles. The van der Waals surface area contributed by atoms with Crippen LogP contribution >= 0.6 is 0 Å². The lowest BCUT2D eigenvalue weighted by molar-refractivity contribution is -0.384. The molecule has 8 heteroatoms. The Bertz CT molecular complexity index is 1000. The van der Waals surface area contributed by atoms with Crippen molar-refractivity contribution in [3.05, 3.63) is 76.0 Å². The Morgan fingerprint density at radius 2 is 1.75 bits per heavy atom. The van der Waals surface area contributed by atoms with E-state index in [1.54, 1.807) is 13.8 Å². The van der Waals surface area contributed by atoms with Crippen molar-refractivity contribution in [2.75, 3.05) is 6.61 Å². The van der Waals surface area contributed by atoms with Crippen molar-refractivity contribution >= 4 is 11.7 Å². The highest BCUT2D eigenvalue weighted by Crippen LogP contribution is 2.28. The zero-order valence-electron chi connectivity index (χ0n) is 15.3. The number of nitro benzene ring substituents is 1. The molecule has 0 aliphatic heterocycles. The number of esters is 1. The van der Waals surface area contributed by atoms with Crippen LogP contribution in [0.5, 0.6) is 11.8 Å². The smallest absolute Gasteiger partial charge is 0.342 e. The maximum absolute atomic E-state index is 12.4. The van der Waals surface area contributed by atoms with Gasteiger partial charge < -0.3 is 9.47 Å². The minimum Gasteiger partial charge on any atom is -0.462 e. The molecule has 142 valence electrons. The average molecular weight is 379 g/mol. The van der Waals surface area contributed by atoms with E-state index in [2.05, 4.69) is 9.97 Å². The van der Waals surface area contributed by atoms with E-state index in [4.69, 9.17) is 9.47 Å². The summed E-state index contributed by atoms with van der Waals surface area (Å²) in [5.74, 6) is -0.173. The van der Waals surface area contributed by atoms with Crippen LogP contribution in [0.1, 0.15) is 23.0 Å². The van der Waals surface area contributed by atoms with E-state index >= 15 is 0 Å². The summed E-state index contributed by atoms with van der Waals surface area (Å²) < 4.78 is 10.8. The molecule has 0 aliphatic carbocycles. The number of carbonyl (C=O) groups excluding carboxylic acids is 1. The normalized spacial score (nSPS) is 10.4. The maximum Gasteiger partial charge on any atom is 0.342 e. The number of rotatable bonds is 6. The molecule has 0 N–H and O–H groups in total. The largest absolute Gasteiger partial charge is 0.462 e. The van der Waals surface area contributed by atoms with Crippen LogP contribution in [0.4, 0.5) is 5.69 Å². The van der Waals surface area contributed by atoms with E-state index in [1.165, 1.54) is 24.3 Å². The number of hydrogen-bond acceptors (Lipinski definition) is 7. The Hall–Kier alpha value is -3.81. The number of aromatic nitrogens is 2. The van der Waals surface area contributed by atoms with Gasteiger partial charge in [-0.05, 0) is 26.0 Å². The Labute approximate surface area is 160 Å². The number of nitro groups is 1. The fraction of sp³-hybridized carbons (Fsp3) is 0.150. The highest BCUT2D eigenvalue weighted by atomic mass is 16.6. The molecule has 3 rings (SSSR count). The van der Waals surface area contributed by atoms with Gasteiger partial charge in [-0.3, -0.25) is 10.1 Å². The standard InChI is InChI=1S/C20H17N3O5/c1-3-27-19(24)17-13(2)21-20(22-18(17)14-7-5-4-6-8-14)28-16-11-9-15(10-12-16)23(25)26/h4-12H,3H2,1-2H3. The lowest BCUT2D eigenvalue weighted by Crippen LogP contribution is -2.12. The van der Waals surface area contributed by atoms with Crippen LogP contribution in [0.2, 0.25) is 0 Å². The first kappa shape index (κ1) is 19.0. The SMILES string of the molecule is CCOC(=O)c1c(C)nc(Oc2ccc([N+](=O)[O-])cc2)nc1-c1ccccc1. The molecule has 0 spiro atoms. The molecular formula is C20H17N3O5. The summed E-state index contributed by atoms with van der Waals surface area (Å²) in [5.41, 5.74) is 1.73. The highest BCUT2D eigenvalue weighted by Gasteiger charge is 2.22. The van der Waals surface area contributed by atoms with E-state index in [0.29, 0.717) is 22.7 Å². The fourth-order valence-corrected chi connectivity index (χ4v) is 2.59. The summed E-state index contributed by atoms with van der Waals surface area (Å²) in [4.78, 5) is 31.3. The van der Waals surface area contributed by atoms with Gasteiger partial charge >= 0.3 is 12.0 Å². The van der Waals surface area contributed by atoms with Crippen LogP contribution in [0, 0.1) is 17.0 Å². The number of nitrogens with zero attached hydrogens (tertiary/aromatic N) is 3. The van der Waals surface area contributed by atoms with Gasteiger partial charge in [-0.1, -0.05) is 30.3 Å². The van der Waals surface area contributed by atoms with E-state index in [1.807, 2.05) is 30.3 Å². The zero-order chi connectivity index (χ0) is 20.1. The third-order valence-corrected chi connectivity index (χ3v) is 3.85. The maximum atomic E-state index is 12.4. The van der Waals surface area contributed by atoms with Crippen LogP contribution in [0.15, 0.2) is 54.6 Å². The van der Waals surface area contributed by atoms with Gasteiger partial charge in [0.1, 0.15) is 11.3 Å². The Kier molecular flexibility index (Phi) is 5.59. The van der Waals surface area contributed by atoms with Gasteiger partial charge in [0.15, 0.2) is 0 Å². The molecule has 8 nitrogen and oxygen atoms in total. The van der Waals surface area contributed by atoms with Crippen molar-refractivity contribution in [3.63, 3.8) is 0 Å². The van der Waals surface area contributed by atoms with E-state index in [0.717, 1.165) is 0 Å². The fourth-order valence-electron chi connectivity index (χ4n) is 2.59. The molecule has 0 fully saturated rings. The van der Waals surface area contributed by atoms with Gasteiger partial charge in [0.05, 0.1) is 22.9 Å². The van der Waals surface area contributed by atoms with Gasteiger partial charge in [0.25, 0.3) is 5.69 Å². The number of ether oxygens (including phenoxy) is 2. The van der Waals surface area contributed by atoms with Crippen molar-refractivity contribution in [1.29, 1.82) is 0 Å². The molecule has 3 aromatic rings. The van der Waals surface area contributed by atoms with Crippen molar-refractivity contribution < 1.29 is 19.2 Å². The molecule has 0 saturated heterocycles. The third kappa shape index (κ3) is 4.12. The number of benzene rings is 2. The summed E-state index contributed by atoms with van der Waals surface area (Å²) in [5, 5.41) is 10.8. The highest BCUT2D eigenvalue weighted by molar-refractivity contribution is 5.97. The zero-order valence-corrected chi connectivity index (χ0v) is 15.3. The predicted molar refractivity (Wildman–Crippen MR) is 101 cm³/mol. The molecular weight excluding hydrogens is 362 g/mol. The summed E-state index contributed by atoms with van der Waals surface area (Å²) in [6.07, 6.45) is 0. The molecule has 0 saturated carbocycles.